The largest absolute Gasteiger partial charge is 0.496 e. The number of likely N-dealkylation sites (N-methyl/N-ethyl adjacent to an activating group) is 1. The first-order valence-corrected chi connectivity index (χ1v) is 7.02. The zero-order chi connectivity index (χ0) is 16.0. The van der Waals surface area contributed by atoms with Gasteiger partial charge < -0.3 is 24.4 Å². The van der Waals surface area contributed by atoms with Crippen LogP contribution >= 0.6 is 0 Å². The van der Waals surface area contributed by atoms with Crippen molar-refractivity contribution in [2.75, 3.05) is 42.0 Å². The molecule has 0 saturated heterocycles. The lowest BCUT2D eigenvalue weighted by Gasteiger charge is -2.33. The lowest BCUT2D eigenvalue weighted by Crippen LogP contribution is -2.46. The van der Waals surface area contributed by atoms with Gasteiger partial charge in [-0.3, -0.25) is 0 Å². The van der Waals surface area contributed by atoms with E-state index in [4.69, 9.17) is 14.2 Å². The molecule has 0 atom stereocenters. The summed E-state index contributed by atoms with van der Waals surface area (Å²) in [7, 11) is 9.10. The lowest BCUT2D eigenvalue weighted by atomic mass is 10.0. The van der Waals surface area contributed by atoms with Gasteiger partial charge in [0.05, 0.1) is 26.9 Å². The van der Waals surface area contributed by atoms with Crippen LogP contribution in [-0.2, 0) is 6.54 Å². The zero-order valence-corrected chi connectivity index (χ0v) is 14.2. The van der Waals surface area contributed by atoms with Crippen LogP contribution in [0.15, 0.2) is 12.1 Å². The lowest BCUT2D eigenvalue weighted by molar-refractivity contribution is 0.189. The van der Waals surface area contributed by atoms with E-state index in [1.807, 2.05) is 12.1 Å². The van der Waals surface area contributed by atoms with E-state index in [-0.39, 0.29) is 5.54 Å². The number of nitrogens with one attached hydrogen (secondary N) is 1. The minimum absolute atomic E-state index is 0.0763. The Morgan fingerprint density at radius 2 is 1.52 bits per heavy atom. The second-order valence-electron chi connectivity index (χ2n) is 5.82. The minimum Gasteiger partial charge on any atom is -0.496 e. The summed E-state index contributed by atoms with van der Waals surface area (Å²) in [5.41, 5.74) is 1.07. The molecule has 0 aliphatic rings. The van der Waals surface area contributed by atoms with Gasteiger partial charge in [-0.05, 0) is 27.9 Å². The van der Waals surface area contributed by atoms with Gasteiger partial charge in [-0.15, -0.1) is 0 Å². The molecule has 0 aliphatic heterocycles. The summed E-state index contributed by atoms with van der Waals surface area (Å²) in [6, 6.07) is 3.74. The van der Waals surface area contributed by atoms with Gasteiger partial charge in [-0.2, -0.15) is 0 Å². The molecule has 21 heavy (non-hydrogen) atoms. The third-order valence-electron chi connectivity index (χ3n) is 3.89. The first-order chi connectivity index (χ1) is 9.85. The van der Waals surface area contributed by atoms with Crippen molar-refractivity contribution >= 4 is 0 Å². The Labute approximate surface area is 128 Å². The monoisotopic (exact) mass is 296 g/mol. The molecular formula is C16H28N2O3. The highest BCUT2D eigenvalue weighted by atomic mass is 16.5. The van der Waals surface area contributed by atoms with E-state index in [1.54, 1.807) is 21.3 Å². The molecule has 0 aromatic heterocycles. The third-order valence-corrected chi connectivity index (χ3v) is 3.89. The van der Waals surface area contributed by atoms with Crippen LogP contribution in [0.3, 0.4) is 0 Å². The molecule has 5 nitrogen and oxygen atoms in total. The highest BCUT2D eigenvalue weighted by Crippen LogP contribution is 2.33. The molecule has 120 valence electrons. The van der Waals surface area contributed by atoms with Crippen LogP contribution in [0.5, 0.6) is 17.2 Å². The number of rotatable bonds is 8. The highest BCUT2D eigenvalue weighted by molar-refractivity contribution is 5.50. The maximum absolute atomic E-state index is 5.45. The Morgan fingerprint density at radius 1 is 1.00 bits per heavy atom. The molecule has 0 unspecified atom stereocenters. The van der Waals surface area contributed by atoms with Crippen LogP contribution in [0, 0.1) is 0 Å². The van der Waals surface area contributed by atoms with Gasteiger partial charge in [0, 0.05) is 30.8 Å². The average Bonchev–Trinajstić information content (AvgIpc) is 2.46. The van der Waals surface area contributed by atoms with Crippen LogP contribution < -0.4 is 19.5 Å². The summed E-state index contributed by atoms with van der Waals surface area (Å²) >= 11 is 0. The maximum Gasteiger partial charge on any atom is 0.130 e. The van der Waals surface area contributed by atoms with E-state index in [0.717, 1.165) is 29.4 Å². The number of nitrogens with zero attached hydrogens (tertiary/aromatic N) is 1. The summed E-state index contributed by atoms with van der Waals surface area (Å²) in [4.78, 5) is 2.20. The third kappa shape index (κ3) is 4.51. The number of hydrogen-bond donors (Lipinski definition) is 1. The van der Waals surface area contributed by atoms with Gasteiger partial charge in [-0.25, -0.2) is 0 Å². The molecule has 0 fully saturated rings. The zero-order valence-electron chi connectivity index (χ0n) is 14.2. The molecule has 1 N–H and O–H groups in total. The summed E-state index contributed by atoms with van der Waals surface area (Å²) < 4.78 is 16.2. The minimum atomic E-state index is 0.0763. The van der Waals surface area contributed by atoms with Crippen molar-refractivity contribution < 1.29 is 14.2 Å². The molecule has 5 heteroatoms. The van der Waals surface area contributed by atoms with E-state index in [1.165, 1.54) is 0 Å². The Hall–Kier alpha value is -1.46. The van der Waals surface area contributed by atoms with Gasteiger partial charge in [0.25, 0.3) is 0 Å². The van der Waals surface area contributed by atoms with Crippen LogP contribution in [0.2, 0.25) is 0 Å². The first kappa shape index (κ1) is 17.6. The Kier molecular flexibility index (Phi) is 6.30. The van der Waals surface area contributed by atoms with Gasteiger partial charge in [0.15, 0.2) is 0 Å². The van der Waals surface area contributed by atoms with Crippen LogP contribution in [0.25, 0.3) is 0 Å². The van der Waals surface area contributed by atoms with E-state index < -0.39 is 0 Å². The van der Waals surface area contributed by atoms with Gasteiger partial charge >= 0.3 is 0 Å². The number of ether oxygens (including phenoxy) is 3. The molecule has 0 amide bonds. The predicted molar refractivity (Wildman–Crippen MR) is 85.6 cm³/mol. The van der Waals surface area contributed by atoms with E-state index >= 15 is 0 Å². The second-order valence-corrected chi connectivity index (χ2v) is 5.82. The van der Waals surface area contributed by atoms with Crippen LogP contribution in [-0.4, -0.2) is 52.4 Å². The van der Waals surface area contributed by atoms with Gasteiger partial charge in [0.2, 0.25) is 0 Å². The maximum atomic E-state index is 5.45. The fourth-order valence-electron chi connectivity index (χ4n) is 1.90. The van der Waals surface area contributed by atoms with E-state index in [0.29, 0.717) is 6.54 Å². The Morgan fingerprint density at radius 3 is 1.90 bits per heavy atom. The van der Waals surface area contributed by atoms with Gasteiger partial charge in [0.1, 0.15) is 17.2 Å². The molecule has 1 aromatic carbocycles. The molecule has 0 spiro atoms. The molecule has 0 aliphatic carbocycles. The van der Waals surface area contributed by atoms with Crippen LogP contribution in [0.4, 0.5) is 0 Å². The SMILES string of the molecule is COc1cc(OC)c(CNCC(C)(C)N(C)C)c(OC)c1. The quantitative estimate of drug-likeness (QED) is 0.796. The normalized spacial score (nSPS) is 11.6. The topological polar surface area (TPSA) is 43.0 Å². The summed E-state index contributed by atoms with van der Waals surface area (Å²) in [6.45, 7) is 5.93. The molecular weight excluding hydrogens is 268 g/mol. The summed E-state index contributed by atoms with van der Waals surface area (Å²) in [6.07, 6.45) is 0. The summed E-state index contributed by atoms with van der Waals surface area (Å²) in [5.74, 6) is 2.25. The van der Waals surface area contributed by atoms with Crippen molar-refractivity contribution in [3.05, 3.63) is 17.7 Å². The fourth-order valence-corrected chi connectivity index (χ4v) is 1.90. The van der Waals surface area contributed by atoms with Crippen molar-refractivity contribution in [3.63, 3.8) is 0 Å². The molecule has 0 bridgehead atoms. The smallest absolute Gasteiger partial charge is 0.130 e. The molecule has 0 heterocycles. The summed E-state index contributed by atoms with van der Waals surface area (Å²) in [5, 5.41) is 3.47. The first-order valence-electron chi connectivity index (χ1n) is 7.02. The average molecular weight is 296 g/mol. The Bertz CT molecular complexity index is 434. The van der Waals surface area contributed by atoms with E-state index in [2.05, 4.69) is 38.2 Å². The molecule has 1 aromatic rings. The molecule has 0 saturated carbocycles. The standard InChI is InChI=1S/C16H28N2O3/c1-16(2,18(3)4)11-17-10-13-14(20-6)8-12(19-5)9-15(13)21-7/h8-9,17H,10-11H2,1-7H3. The highest BCUT2D eigenvalue weighted by Gasteiger charge is 2.20. The Balaban J connectivity index is 2.87. The van der Waals surface area contributed by atoms with Crippen molar-refractivity contribution in [1.29, 1.82) is 0 Å². The van der Waals surface area contributed by atoms with Gasteiger partial charge in [-0.1, -0.05) is 0 Å². The van der Waals surface area contributed by atoms with Crippen LogP contribution in [0.1, 0.15) is 19.4 Å². The number of benzene rings is 1. The predicted octanol–water partition coefficient (Wildman–Crippen LogP) is 2.14. The van der Waals surface area contributed by atoms with Crippen molar-refractivity contribution in [2.24, 2.45) is 0 Å². The fraction of sp³-hybridized carbons (Fsp3) is 0.625. The van der Waals surface area contributed by atoms with Crippen molar-refractivity contribution in [2.45, 2.75) is 25.9 Å². The molecule has 1 rings (SSSR count). The van der Waals surface area contributed by atoms with Crippen molar-refractivity contribution in [1.82, 2.24) is 10.2 Å². The van der Waals surface area contributed by atoms with E-state index in [9.17, 15) is 0 Å². The second kappa shape index (κ2) is 7.52. The number of methoxy groups -OCH3 is 3. The van der Waals surface area contributed by atoms with Crippen molar-refractivity contribution in [3.8, 4) is 17.2 Å². The molecule has 0 radical (unpaired) electrons. The number of hydrogen-bond acceptors (Lipinski definition) is 5.